The van der Waals surface area contributed by atoms with E-state index in [9.17, 15) is 19.5 Å². The van der Waals surface area contributed by atoms with Crippen molar-refractivity contribution in [2.75, 3.05) is 20.1 Å². The topological polar surface area (TPSA) is 120 Å². The molecule has 41 heavy (non-hydrogen) atoms. The van der Waals surface area contributed by atoms with E-state index in [1.165, 1.54) is 18.9 Å². The van der Waals surface area contributed by atoms with Crippen molar-refractivity contribution in [2.24, 2.45) is 5.92 Å². The van der Waals surface area contributed by atoms with Gasteiger partial charge in [0.25, 0.3) is 0 Å². The van der Waals surface area contributed by atoms with Crippen molar-refractivity contribution in [1.82, 2.24) is 20.9 Å². The number of fused-ring (bicyclic) bond motifs is 2. The van der Waals surface area contributed by atoms with E-state index in [4.69, 9.17) is 4.74 Å². The van der Waals surface area contributed by atoms with Gasteiger partial charge in [0.1, 0.15) is 23.9 Å². The number of amides is 3. The number of allylic oxidation sites excluding steroid dienone is 3. The number of benzene rings is 1. The zero-order valence-corrected chi connectivity index (χ0v) is 24.6. The predicted octanol–water partition coefficient (Wildman–Crippen LogP) is 2.84. The molecule has 224 valence electrons. The van der Waals surface area contributed by atoms with E-state index in [-0.39, 0.29) is 23.8 Å². The molecule has 9 heteroatoms. The number of rotatable bonds is 3. The van der Waals surface area contributed by atoms with Crippen LogP contribution in [0.25, 0.3) is 0 Å². The van der Waals surface area contributed by atoms with Gasteiger partial charge in [0.05, 0.1) is 12.1 Å². The normalized spacial score (nSPS) is 29.4. The van der Waals surface area contributed by atoms with Gasteiger partial charge in [-0.3, -0.25) is 14.4 Å². The first kappa shape index (κ1) is 32.1. The number of hydrogen-bond acceptors (Lipinski definition) is 6. The Labute approximate surface area is 244 Å². The van der Waals surface area contributed by atoms with Crippen LogP contribution in [0, 0.1) is 5.92 Å². The van der Waals surface area contributed by atoms with Crippen LogP contribution in [0.5, 0.6) is 0 Å². The third kappa shape index (κ3) is 9.30. The van der Waals surface area contributed by atoms with Gasteiger partial charge in [-0.1, -0.05) is 55.6 Å². The zero-order valence-electron chi connectivity index (χ0n) is 24.6. The number of carbonyl (C=O) groups is 3. The summed E-state index contributed by atoms with van der Waals surface area (Å²) in [4.78, 5) is 40.3. The van der Waals surface area contributed by atoms with Crippen molar-refractivity contribution in [3.05, 3.63) is 72.5 Å². The minimum atomic E-state index is -1.11. The molecule has 3 amide bonds. The summed E-state index contributed by atoms with van der Waals surface area (Å²) in [6.45, 7) is 12.1. The van der Waals surface area contributed by atoms with Gasteiger partial charge >= 0.3 is 0 Å². The first-order chi connectivity index (χ1) is 19.6. The molecule has 4 N–H and O–H groups in total. The fraction of sp³-hybridized carbons (Fsp3) is 0.531. The van der Waals surface area contributed by atoms with E-state index in [2.05, 4.69) is 29.1 Å². The van der Waals surface area contributed by atoms with Crippen LogP contribution in [0.2, 0.25) is 0 Å². The fourth-order valence-electron chi connectivity index (χ4n) is 5.12. The Morgan fingerprint density at radius 3 is 2.24 bits per heavy atom. The molecule has 1 aliphatic carbocycles. The second-order valence-electron chi connectivity index (χ2n) is 11.1. The van der Waals surface area contributed by atoms with Crippen molar-refractivity contribution < 1.29 is 24.2 Å². The predicted molar refractivity (Wildman–Crippen MR) is 160 cm³/mol. The lowest BCUT2D eigenvalue weighted by Gasteiger charge is -2.34. The highest BCUT2D eigenvalue weighted by Crippen LogP contribution is 2.35. The quantitative estimate of drug-likeness (QED) is 0.447. The third-order valence-corrected chi connectivity index (χ3v) is 7.67. The molecule has 5 unspecified atom stereocenters. The number of likely N-dealkylation sites (N-methyl/N-ethyl adjacent to an activating group) is 1. The van der Waals surface area contributed by atoms with E-state index in [1.54, 1.807) is 13.0 Å². The van der Waals surface area contributed by atoms with Crippen LogP contribution in [-0.2, 0) is 19.1 Å². The molecule has 0 aromatic heterocycles. The third-order valence-electron chi connectivity index (χ3n) is 7.67. The maximum Gasteiger partial charge on any atom is 0.246 e. The fourth-order valence-corrected chi connectivity index (χ4v) is 5.12. The number of aliphatic hydroxyl groups excluding tert-OH is 1. The Morgan fingerprint density at radius 2 is 1.68 bits per heavy atom. The minimum Gasteiger partial charge on any atom is -0.489 e. The van der Waals surface area contributed by atoms with Gasteiger partial charge in [-0.05, 0) is 69.4 Å². The molecule has 1 aromatic rings. The van der Waals surface area contributed by atoms with E-state index < -0.39 is 30.1 Å². The number of hydrogen-bond donors (Lipinski definition) is 4. The van der Waals surface area contributed by atoms with Crippen LogP contribution in [0.3, 0.4) is 0 Å². The van der Waals surface area contributed by atoms with Gasteiger partial charge in [-0.2, -0.15) is 0 Å². The molecule has 2 fully saturated rings. The lowest BCUT2D eigenvalue weighted by atomic mass is 9.97. The Balaban J connectivity index is 0.000000681. The summed E-state index contributed by atoms with van der Waals surface area (Å²) in [6.07, 6.45) is 5.31. The molecule has 0 radical (unpaired) electrons. The van der Waals surface area contributed by atoms with Crippen molar-refractivity contribution in [1.29, 1.82) is 0 Å². The van der Waals surface area contributed by atoms with Gasteiger partial charge < -0.3 is 30.7 Å². The summed E-state index contributed by atoms with van der Waals surface area (Å²) in [6, 6.07) is 9.59. The number of carbonyl (C=O) groups excluding carboxylic acids is 3. The van der Waals surface area contributed by atoms with Crippen molar-refractivity contribution in [3.63, 3.8) is 0 Å². The number of aliphatic hydroxyl groups is 1. The summed E-state index contributed by atoms with van der Waals surface area (Å²) in [7, 11) is 1.53. The number of ether oxygens (including phenoxy) is 1. The van der Waals surface area contributed by atoms with Crippen LogP contribution in [0.4, 0.5) is 0 Å². The largest absolute Gasteiger partial charge is 0.489 e. The lowest BCUT2D eigenvalue weighted by molar-refractivity contribution is -0.145. The Hall–Kier alpha value is -3.43. The van der Waals surface area contributed by atoms with Crippen molar-refractivity contribution >= 4 is 17.7 Å². The minimum absolute atomic E-state index is 0.125. The summed E-state index contributed by atoms with van der Waals surface area (Å²) in [5, 5.41) is 19.2. The monoisotopic (exact) mass is 566 g/mol. The molecule has 2 heterocycles. The van der Waals surface area contributed by atoms with Crippen LogP contribution < -0.4 is 16.0 Å². The molecule has 1 saturated carbocycles. The average molecular weight is 567 g/mol. The average Bonchev–Trinajstić information content (AvgIpc) is 3.80. The SMILES string of the molecule is C=C/C1=C2/OC(CCC2=C)CNC(C2CC2)C(=O)N(C)C(C(C)O)C(=O)NC(C)C(=O)NCCC1.c1ccccc1. The highest BCUT2D eigenvalue weighted by atomic mass is 16.5. The molecule has 1 saturated heterocycles. The summed E-state index contributed by atoms with van der Waals surface area (Å²) < 4.78 is 6.30. The maximum atomic E-state index is 13.5. The standard InChI is InChI=1S/C26H40N4O5.C6H6/c1-6-18-8-7-13-27-24(32)16(3)29-25(33)22(17(4)31)30(5)26(34)21(19-10-11-19)28-14-20-12-9-15(2)23(18)35-20;1-2-4-6-5-3-1/h6,16-17,19-22,28,31H,1-2,7-14H2,3-5H3,(H,27,32)(H,29,33);1-6H/b23-18-;. The lowest BCUT2D eigenvalue weighted by Crippen LogP contribution is -2.60. The molecule has 1 aromatic carbocycles. The Kier molecular flexibility index (Phi) is 12.2. The molecule has 2 aliphatic heterocycles. The molecule has 0 spiro atoms. The first-order valence-corrected chi connectivity index (χ1v) is 14.6. The molecule has 2 bridgehead atoms. The Morgan fingerprint density at radius 1 is 1.05 bits per heavy atom. The highest BCUT2D eigenvalue weighted by molar-refractivity contribution is 5.93. The van der Waals surface area contributed by atoms with Crippen LogP contribution in [-0.4, -0.2) is 78.2 Å². The molecular weight excluding hydrogens is 520 g/mol. The summed E-state index contributed by atoms with van der Waals surface area (Å²) in [5.41, 5.74) is 1.88. The van der Waals surface area contributed by atoms with Gasteiger partial charge in [0.15, 0.2) is 0 Å². The molecule has 9 nitrogen and oxygen atoms in total. The smallest absolute Gasteiger partial charge is 0.246 e. The first-order valence-electron chi connectivity index (χ1n) is 14.6. The van der Waals surface area contributed by atoms with E-state index in [1.807, 2.05) is 36.4 Å². The second kappa shape index (κ2) is 15.5. The second-order valence-corrected chi connectivity index (χ2v) is 11.1. The van der Waals surface area contributed by atoms with Crippen molar-refractivity contribution in [2.45, 2.75) is 82.7 Å². The molecule has 4 rings (SSSR count). The van der Waals surface area contributed by atoms with E-state index in [0.717, 1.165) is 42.6 Å². The maximum absolute atomic E-state index is 13.5. The van der Waals surface area contributed by atoms with Crippen molar-refractivity contribution in [3.8, 4) is 0 Å². The van der Waals surface area contributed by atoms with E-state index >= 15 is 0 Å². The Bertz CT molecular complexity index is 1070. The molecular formula is C32H46N4O5. The molecule has 5 atom stereocenters. The highest BCUT2D eigenvalue weighted by Gasteiger charge is 2.42. The van der Waals surface area contributed by atoms with Crippen LogP contribution in [0.15, 0.2) is 72.5 Å². The summed E-state index contributed by atoms with van der Waals surface area (Å²) >= 11 is 0. The number of nitrogens with one attached hydrogen (secondary N) is 3. The zero-order chi connectivity index (χ0) is 29.9. The van der Waals surface area contributed by atoms with Crippen LogP contribution in [0.1, 0.15) is 52.4 Å². The summed E-state index contributed by atoms with van der Waals surface area (Å²) in [5.74, 6) is -0.220. The van der Waals surface area contributed by atoms with Crippen LogP contribution >= 0.6 is 0 Å². The molecule has 3 aliphatic rings. The van der Waals surface area contributed by atoms with Gasteiger partial charge in [0, 0.05) is 20.1 Å². The van der Waals surface area contributed by atoms with Gasteiger partial charge in [0.2, 0.25) is 17.7 Å². The van der Waals surface area contributed by atoms with Gasteiger partial charge in [-0.15, -0.1) is 0 Å². The van der Waals surface area contributed by atoms with E-state index in [0.29, 0.717) is 25.9 Å². The number of nitrogens with zero attached hydrogens (tertiary/aromatic N) is 1. The van der Waals surface area contributed by atoms with Gasteiger partial charge in [-0.25, -0.2) is 0 Å².